The second-order valence-electron chi connectivity index (χ2n) is 6.19. The molecule has 0 radical (unpaired) electrons. The summed E-state index contributed by atoms with van der Waals surface area (Å²) < 4.78 is 5.91. The van der Waals surface area contributed by atoms with E-state index in [-0.39, 0.29) is 0 Å². The highest BCUT2D eigenvalue weighted by Gasteiger charge is 2.34. The molecule has 2 nitrogen and oxygen atoms in total. The van der Waals surface area contributed by atoms with Crippen molar-refractivity contribution in [3.05, 3.63) is 28.3 Å². The van der Waals surface area contributed by atoms with Gasteiger partial charge in [0.15, 0.2) is 0 Å². The molecule has 110 valence electrons. The Morgan fingerprint density at radius 2 is 2.25 bits per heavy atom. The van der Waals surface area contributed by atoms with Gasteiger partial charge in [0, 0.05) is 23.0 Å². The van der Waals surface area contributed by atoms with Crippen LogP contribution >= 0.6 is 11.6 Å². The van der Waals surface area contributed by atoms with Crippen LogP contribution in [0, 0.1) is 11.8 Å². The van der Waals surface area contributed by atoms with Gasteiger partial charge in [-0.2, -0.15) is 0 Å². The highest BCUT2D eigenvalue weighted by Crippen LogP contribution is 2.45. The molecule has 0 saturated heterocycles. The van der Waals surface area contributed by atoms with E-state index in [4.69, 9.17) is 16.3 Å². The van der Waals surface area contributed by atoms with Crippen molar-refractivity contribution < 1.29 is 4.74 Å². The summed E-state index contributed by atoms with van der Waals surface area (Å²) >= 11 is 6.33. The van der Waals surface area contributed by atoms with E-state index in [1.807, 2.05) is 0 Å². The normalized spacial score (nSPS) is 26.4. The van der Waals surface area contributed by atoms with E-state index in [1.165, 1.54) is 30.4 Å². The first-order chi connectivity index (χ1) is 9.70. The molecule has 1 heterocycles. The first-order valence-corrected chi connectivity index (χ1v) is 8.27. The van der Waals surface area contributed by atoms with Gasteiger partial charge in [-0.15, -0.1) is 0 Å². The van der Waals surface area contributed by atoms with Crippen LogP contribution in [0.3, 0.4) is 0 Å². The summed E-state index contributed by atoms with van der Waals surface area (Å²) in [5.74, 6) is 2.57. The van der Waals surface area contributed by atoms with Crippen LogP contribution in [0.25, 0.3) is 0 Å². The lowest BCUT2D eigenvalue weighted by atomic mass is 9.85. The molecule has 1 saturated carbocycles. The molecule has 3 unspecified atom stereocenters. The second kappa shape index (κ2) is 5.95. The summed E-state index contributed by atoms with van der Waals surface area (Å²) in [5, 5.41) is 4.53. The molecule has 3 atom stereocenters. The van der Waals surface area contributed by atoms with Crippen LogP contribution in [0.4, 0.5) is 0 Å². The topological polar surface area (TPSA) is 21.3 Å². The van der Waals surface area contributed by atoms with Crippen molar-refractivity contribution in [1.82, 2.24) is 5.32 Å². The lowest BCUT2D eigenvalue weighted by molar-refractivity contribution is 0.291. The van der Waals surface area contributed by atoms with Gasteiger partial charge >= 0.3 is 0 Å². The van der Waals surface area contributed by atoms with Gasteiger partial charge in [-0.05, 0) is 42.5 Å². The zero-order valence-corrected chi connectivity index (χ0v) is 13.2. The van der Waals surface area contributed by atoms with Crippen molar-refractivity contribution in [1.29, 1.82) is 0 Å². The Hall–Kier alpha value is -0.730. The summed E-state index contributed by atoms with van der Waals surface area (Å²) in [4.78, 5) is 0. The monoisotopic (exact) mass is 293 g/mol. The summed E-state index contributed by atoms with van der Waals surface area (Å²) in [6, 6.07) is 4.56. The smallest absolute Gasteiger partial charge is 0.127 e. The molecule has 3 heteroatoms. The van der Waals surface area contributed by atoms with E-state index in [1.54, 1.807) is 0 Å². The minimum Gasteiger partial charge on any atom is -0.493 e. The van der Waals surface area contributed by atoms with Gasteiger partial charge < -0.3 is 10.1 Å². The van der Waals surface area contributed by atoms with Crippen LogP contribution in [-0.4, -0.2) is 13.2 Å². The third kappa shape index (κ3) is 2.56. The van der Waals surface area contributed by atoms with Crippen molar-refractivity contribution in [2.75, 3.05) is 13.2 Å². The minimum absolute atomic E-state index is 0.378. The maximum absolute atomic E-state index is 6.33. The summed E-state index contributed by atoms with van der Waals surface area (Å²) in [5.41, 5.74) is 2.56. The number of benzene rings is 1. The highest BCUT2D eigenvalue weighted by molar-refractivity contribution is 6.30. The van der Waals surface area contributed by atoms with Gasteiger partial charge in [0.05, 0.1) is 6.61 Å². The van der Waals surface area contributed by atoms with Gasteiger partial charge in [-0.25, -0.2) is 0 Å². The van der Waals surface area contributed by atoms with E-state index < -0.39 is 0 Å². The fraction of sp³-hybridized carbons (Fsp3) is 0.647. The summed E-state index contributed by atoms with van der Waals surface area (Å²) in [6.45, 7) is 6.34. The molecule has 0 amide bonds. The average molecular weight is 294 g/mol. The Labute approximate surface area is 126 Å². The van der Waals surface area contributed by atoms with Crippen LogP contribution in [0.2, 0.25) is 5.02 Å². The van der Waals surface area contributed by atoms with Gasteiger partial charge in [-0.3, -0.25) is 0 Å². The van der Waals surface area contributed by atoms with Crippen molar-refractivity contribution in [3.8, 4) is 5.75 Å². The third-order valence-electron chi connectivity index (χ3n) is 4.89. The predicted molar refractivity (Wildman–Crippen MR) is 83.6 cm³/mol. The fourth-order valence-corrected chi connectivity index (χ4v) is 4.16. The maximum Gasteiger partial charge on any atom is 0.127 e. The molecule has 1 aliphatic heterocycles. The van der Waals surface area contributed by atoms with Crippen LogP contribution in [0.15, 0.2) is 12.1 Å². The van der Waals surface area contributed by atoms with E-state index in [0.717, 1.165) is 36.3 Å². The van der Waals surface area contributed by atoms with E-state index in [0.29, 0.717) is 12.0 Å². The third-order valence-corrected chi connectivity index (χ3v) is 5.11. The molecule has 1 aromatic rings. The highest BCUT2D eigenvalue weighted by atomic mass is 35.5. The standard InChI is InChI=1S/C17H24ClNO/c1-3-19-16(14-6-4-5-11(14)2)15-10-13(18)9-12-7-8-20-17(12)15/h9-11,14,16,19H,3-8H2,1-2H3. The van der Waals surface area contributed by atoms with Crippen LogP contribution < -0.4 is 10.1 Å². The maximum atomic E-state index is 6.33. The average Bonchev–Trinajstić information content (AvgIpc) is 3.04. The number of nitrogens with one attached hydrogen (secondary N) is 1. The summed E-state index contributed by atoms with van der Waals surface area (Å²) in [7, 11) is 0. The molecular weight excluding hydrogens is 270 g/mol. The number of hydrogen-bond acceptors (Lipinski definition) is 2. The molecule has 1 aliphatic carbocycles. The van der Waals surface area contributed by atoms with Crippen LogP contribution in [0.5, 0.6) is 5.75 Å². The van der Waals surface area contributed by atoms with E-state index in [9.17, 15) is 0 Å². The second-order valence-corrected chi connectivity index (χ2v) is 6.63. The number of hydrogen-bond donors (Lipinski definition) is 1. The van der Waals surface area contributed by atoms with E-state index in [2.05, 4.69) is 31.3 Å². The molecular formula is C17H24ClNO. The van der Waals surface area contributed by atoms with E-state index >= 15 is 0 Å². The predicted octanol–water partition coefficient (Wildman–Crippen LogP) is 4.36. The molecule has 0 spiro atoms. The van der Waals surface area contributed by atoms with Gasteiger partial charge in [0.1, 0.15) is 5.75 Å². The first-order valence-electron chi connectivity index (χ1n) is 7.89. The van der Waals surface area contributed by atoms with Crippen molar-refractivity contribution >= 4 is 11.6 Å². The van der Waals surface area contributed by atoms with Crippen molar-refractivity contribution in [2.24, 2.45) is 11.8 Å². The largest absolute Gasteiger partial charge is 0.493 e. The number of fused-ring (bicyclic) bond motifs is 1. The van der Waals surface area contributed by atoms with Gasteiger partial charge in [-0.1, -0.05) is 38.3 Å². The molecule has 0 bridgehead atoms. The Kier molecular flexibility index (Phi) is 4.23. The van der Waals surface area contributed by atoms with Crippen molar-refractivity contribution in [2.45, 2.75) is 45.6 Å². The molecule has 3 rings (SSSR count). The SMILES string of the molecule is CCNC(c1cc(Cl)cc2c1OCC2)C1CCCC1C. The van der Waals surface area contributed by atoms with Crippen LogP contribution in [0.1, 0.15) is 50.3 Å². The van der Waals surface area contributed by atoms with Gasteiger partial charge in [0.2, 0.25) is 0 Å². The Morgan fingerprint density at radius 1 is 1.40 bits per heavy atom. The first kappa shape index (κ1) is 14.2. The number of ether oxygens (including phenoxy) is 1. The Bertz CT molecular complexity index is 488. The quantitative estimate of drug-likeness (QED) is 0.890. The Morgan fingerprint density at radius 3 is 2.95 bits per heavy atom. The zero-order valence-electron chi connectivity index (χ0n) is 12.4. The molecule has 1 aromatic carbocycles. The lowest BCUT2D eigenvalue weighted by Gasteiger charge is -2.29. The summed E-state index contributed by atoms with van der Waals surface area (Å²) in [6.07, 6.45) is 4.98. The molecule has 1 N–H and O–H groups in total. The van der Waals surface area contributed by atoms with Crippen molar-refractivity contribution in [3.63, 3.8) is 0 Å². The molecule has 2 aliphatic rings. The minimum atomic E-state index is 0.378. The lowest BCUT2D eigenvalue weighted by Crippen LogP contribution is -2.30. The molecule has 0 aromatic heterocycles. The van der Waals surface area contributed by atoms with Gasteiger partial charge in [0.25, 0.3) is 0 Å². The Balaban J connectivity index is 1.99. The molecule has 20 heavy (non-hydrogen) atoms. The number of halogens is 1. The van der Waals surface area contributed by atoms with Crippen LogP contribution in [-0.2, 0) is 6.42 Å². The molecule has 1 fully saturated rings. The number of rotatable bonds is 4. The fourth-order valence-electron chi connectivity index (χ4n) is 3.91. The zero-order chi connectivity index (χ0) is 14.1.